The number of nitrogens with one attached hydrogen (secondary N) is 2. The number of carbonyl (C=O) groups is 4. The third-order valence-corrected chi connectivity index (χ3v) is 5.50. The van der Waals surface area contributed by atoms with Gasteiger partial charge in [0, 0.05) is 0 Å². The second-order valence-electron chi connectivity index (χ2n) is 7.28. The van der Waals surface area contributed by atoms with Gasteiger partial charge in [-0.25, -0.2) is 9.59 Å². The second kappa shape index (κ2) is 8.10. The van der Waals surface area contributed by atoms with E-state index in [0.29, 0.717) is 29.9 Å². The molecule has 2 N–H and O–H groups in total. The van der Waals surface area contributed by atoms with Crippen LogP contribution in [0.25, 0.3) is 0 Å². The number of para-hydroxylation sites is 2. The van der Waals surface area contributed by atoms with Crippen LogP contribution in [0.1, 0.15) is 18.9 Å². The molecule has 2 aromatic carbocycles. The number of cyclic esters (lactones) is 1. The highest BCUT2D eigenvalue weighted by atomic mass is 16.6. The molecule has 0 saturated carbocycles. The Hall–Kier alpha value is -3.88. The zero-order valence-corrected chi connectivity index (χ0v) is 17.0. The number of urea groups is 1. The zero-order valence-electron chi connectivity index (χ0n) is 17.0. The van der Waals surface area contributed by atoms with Crippen LogP contribution in [-0.4, -0.2) is 48.5 Å². The summed E-state index contributed by atoms with van der Waals surface area (Å²) < 4.78 is 4.96. The molecule has 1 unspecified atom stereocenters. The molecule has 2 heterocycles. The third-order valence-electron chi connectivity index (χ3n) is 5.50. The van der Waals surface area contributed by atoms with Gasteiger partial charge >= 0.3 is 12.1 Å². The summed E-state index contributed by atoms with van der Waals surface area (Å²) in [4.78, 5) is 52.7. The molecule has 4 rings (SSSR count). The summed E-state index contributed by atoms with van der Waals surface area (Å²) in [6, 6.07) is 15.1. The smallest absolute Gasteiger partial charge is 0.414 e. The van der Waals surface area contributed by atoms with E-state index in [4.69, 9.17) is 4.74 Å². The van der Waals surface area contributed by atoms with E-state index in [9.17, 15) is 19.2 Å². The quantitative estimate of drug-likeness (QED) is 0.695. The van der Waals surface area contributed by atoms with Crippen molar-refractivity contribution in [3.05, 3.63) is 60.2 Å². The number of ether oxygens (including phenoxy) is 1. The topological polar surface area (TPSA) is 108 Å². The van der Waals surface area contributed by atoms with E-state index < -0.39 is 36.0 Å². The van der Waals surface area contributed by atoms with Gasteiger partial charge in [0.25, 0.3) is 5.91 Å². The summed E-state index contributed by atoms with van der Waals surface area (Å²) >= 11 is 0. The number of imide groups is 1. The molecule has 9 heteroatoms. The van der Waals surface area contributed by atoms with Crippen LogP contribution in [0.4, 0.5) is 21.0 Å². The van der Waals surface area contributed by atoms with Gasteiger partial charge in [-0.2, -0.15) is 0 Å². The molecule has 2 aromatic rings. The average molecular weight is 422 g/mol. The van der Waals surface area contributed by atoms with Crippen LogP contribution in [0.2, 0.25) is 0 Å². The summed E-state index contributed by atoms with van der Waals surface area (Å²) in [5.74, 6) is -1.03. The Bertz CT molecular complexity index is 1040. The molecule has 31 heavy (non-hydrogen) atoms. The first kappa shape index (κ1) is 20.4. The Morgan fingerprint density at radius 3 is 2.48 bits per heavy atom. The third kappa shape index (κ3) is 3.58. The molecule has 2 saturated heterocycles. The van der Waals surface area contributed by atoms with E-state index in [1.165, 1.54) is 4.90 Å². The molecule has 5 amide bonds. The van der Waals surface area contributed by atoms with Gasteiger partial charge in [-0.05, 0) is 24.1 Å². The van der Waals surface area contributed by atoms with Gasteiger partial charge in [-0.3, -0.25) is 19.4 Å². The van der Waals surface area contributed by atoms with Crippen LogP contribution in [0.5, 0.6) is 0 Å². The van der Waals surface area contributed by atoms with E-state index in [-0.39, 0.29) is 6.61 Å². The number of hydrogen-bond acceptors (Lipinski definition) is 5. The lowest BCUT2D eigenvalue weighted by Gasteiger charge is -2.25. The summed E-state index contributed by atoms with van der Waals surface area (Å²) in [5.41, 5.74) is 0.346. The molecule has 160 valence electrons. The summed E-state index contributed by atoms with van der Waals surface area (Å²) in [5, 5.41) is 5.45. The molecule has 2 fully saturated rings. The Kier molecular flexibility index (Phi) is 5.33. The Morgan fingerprint density at radius 1 is 1.10 bits per heavy atom. The molecule has 2 aliphatic heterocycles. The molecule has 0 aliphatic carbocycles. The molecule has 9 nitrogen and oxygen atoms in total. The highest BCUT2D eigenvalue weighted by molar-refractivity contribution is 6.11. The van der Waals surface area contributed by atoms with Crippen molar-refractivity contribution >= 4 is 35.3 Å². The maximum atomic E-state index is 13.2. The second-order valence-corrected chi connectivity index (χ2v) is 7.28. The van der Waals surface area contributed by atoms with Gasteiger partial charge in [0.2, 0.25) is 5.91 Å². The largest absolute Gasteiger partial charge is 0.447 e. The van der Waals surface area contributed by atoms with Crippen molar-refractivity contribution in [2.24, 2.45) is 0 Å². The van der Waals surface area contributed by atoms with Gasteiger partial charge in [-0.1, -0.05) is 49.4 Å². The van der Waals surface area contributed by atoms with Crippen molar-refractivity contribution in [2.75, 3.05) is 29.9 Å². The van der Waals surface area contributed by atoms with Crippen LogP contribution in [0, 0.1) is 0 Å². The first-order valence-electron chi connectivity index (χ1n) is 9.99. The lowest BCUT2D eigenvalue weighted by Crippen LogP contribution is -2.44. The summed E-state index contributed by atoms with van der Waals surface area (Å²) in [6.45, 7) is 2.00. The van der Waals surface area contributed by atoms with Crippen LogP contribution < -0.4 is 15.5 Å². The zero-order chi connectivity index (χ0) is 22.0. The van der Waals surface area contributed by atoms with Crippen LogP contribution >= 0.6 is 0 Å². The van der Waals surface area contributed by atoms with E-state index in [1.807, 2.05) is 6.07 Å². The number of benzene rings is 2. The van der Waals surface area contributed by atoms with Gasteiger partial charge in [0.05, 0.1) is 17.9 Å². The van der Waals surface area contributed by atoms with E-state index in [1.54, 1.807) is 55.5 Å². The maximum absolute atomic E-state index is 13.2. The molecule has 0 spiro atoms. The lowest BCUT2D eigenvalue weighted by molar-refractivity contribution is -0.134. The van der Waals surface area contributed by atoms with Crippen molar-refractivity contribution in [3.63, 3.8) is 0 Å². The van der Waals surface area contributed by atoms with Crippen molar-refractivity contribution in [1.82, 2.24) is 10.2 Å². The number of rotatable bonds is 6. The van der Waals surface area contributed by atoms with Crippen LogP contribution in [-0.2, 0) is 19.9 Å². The highest BCUT2D eigenvalue weighted by Crippen LogP contribution is 2.32. The van der Waals surface area contributed by atoms with E-state index in [0.717, 1.165) is 4.90 Å². The van der Waals surface area contributed by atoms with E-state index >= 15 is 0 Å². The maximum Gasteiger partial charge on any atom is 0.414 e. The Labute approximate surface area is 179 Å². The lowest BCUT2D eigenvalue weighted by atomic mass is 9.87. The van der Waals surface area contributed by atoms with Crippen LogP contribution in [0.15, 0.2) is 54.6 Å². The van der Waals surface area contributed by atoms with Crippen LogP contribution in [0.3, 0.4) is 0 Å². The van der Waals surface area contributed by atoms with Gasteiger partial charge in [0.1, 0.15) is 18.7 Å². The van der Waals surface area contributed by atoms with Crippen molar-refractivity contribution in [3.8, 4) is 0 Å². The number of hydrogen-bond donors (Lipinski definition) is 2. The number of nitrogens with zero attached hydrogens (tertiary/aromatic N) is 2. The molecule has 0 radical (unpaired) electrons. The normalized spacial score (nSPS) is 20.6. The van der Waals surface area contributed by atoms with Gasteiger partial charge in [-0.15, -0.1) is 0 Å². The van der Waals surface area contributed by atoms with Crippen molar-refractivity contribution < 1.29 is 23.9 Å². The van der Waals surface area contributed by atoms with Crippen molar-refractivity contribution in [1.29, 1.82) is 0 Å². The summed E-state index contributed by atoms with van der Waals surface area (Å²) in [6.07, 6.45) is -0.147. The molecule has 2 aliphatic rings. The van der Waals surface area contributed by atoms with Gasteiger partial charge < -0.3 is 15.4 Å². The average Bonchev–Trinajstić information content (AvgIpc) is 3.31. The molecule has 1 atom stereocenters. The predicted octanol–water partition coefficient (Wildman–Crippen LogP) is 2.44. The summed E-state index contributed by atoms with van der Waals surface area (Å²) in [7, 11) is 0. The molecular weight excluding hydrogens is 400 g/mol. The monoisotopic (exact) mass is 422 g/mol. The van der Waals surface area contributed by atoms with Crippen molar-refractivity contribution in [2.45, 2.75) is 18.9 Å². The fourth-order valence-corrected chi connectivity index (χ4v) is 3.89. The fraction of sp³-hybridized carbons (Fsp3) is 0.273. The fourth-order valence-electron chi connectivity index (χ4n) is 3.89. The van der Waals surface area contributed by atoms with Gasteiger partial charge in [0.15, 0.2) is 0 Å². The predicted molar refractivity (Wildman–Crippen MR) is 112 cm³/mol. The minimum atomic E-state index is -1.20. The molecular formula is C22H22N4O5. The first-order valence-corrected chi connectivity index (χ1v) is 9.99. The number of amides is 5. The molecule has 0 aromatic heterocycles. The highest BCUT2D eigenvalue weighted by Gasteiger charge is 2.51. The minimum Gasteiger partial charge on any atom is -0.447 e. The van der Waals surface area contributed by atoms with E-state index in [2.05, 4.69) is 10.6 Å². The SMILES string of the molecule is CCC1(c2ccccc2)NC(=O)N(CC(=O)Nc2ccccc2N2CCOC2=O)C1=O. The molecule has 0 bridgehead atoms. The Balaban J connectivity index is 1.52. The standard InChI is InChI=1S/C22H22N4O5/c1-2-22(15-8-4-3-5-9-15)19(28)26(20(29)24-22)14-18(27)23-16-10-6-7-11-17(16)25-12-13-31-21(25)30/h3-11H,2,12-14H2,1H3,(H,23,27)(H,24,29). The number of carbonyl (C=O) groups excluding carboxylic acids is 4. The first-order chi connectivity index (χ1) is 15.0. The minimum absolute atomic E-state index is 0.266. The Morgan fingerprint density at radius 2 is 1.81 bits per heavy atom. The number of anilines is 2.